The van der Waals surface area contributed by atoms with Crippen LogP contribution < -0.4 is 9.21 Å². The van der Waals surface area contributed by atoms with Crippen LogP contribution in [0.1, 0.15) is 19.3 Å². The van der Waals surface area contributed by atoms with Gasteiger partial charge in [-0.25, -0.2) is 13.2 Å². The molecule has 31 heavy (non-hydrogen) atoms. The maximum Gasteiger partial charge on any atom is 0.264 e. The monoisotopic (exact) mass is 460 g/mol. The number of nitrogens with one attached hydrogen (secondary N) is 1. The molecule has 0 aliphatic carbocycles. The van der Waals surface area contributed by atoms with Gasteiger partial charge in [0.2, 0.25) is 5.69 Å². The summed E-state index contributed by atoms with van der Waals surface area (Å²) < 4.78 is 56.6. The van der Waals surface area contributed by atoms with Crippen molar-refractivity contribution in [2.24, 2.45) is 0 Å². The van der Waals surface area contributed by atoms with Crippen molar-refractivity contribution in [1.29, 1.82) is 0 Å². The molecule has 3 heterocycles. The van der Waals surface area contributed by atoms with Crippen LogP contribution in [-0.4, -0.2) is 82.2 Å². The van der Waals surface area contributed by atoms with E-state index in [1.54, 1.807) is 14.1 Å². The van der Waals surface area contributed by atoms with E-state index in [1.807, 2.05) is 4.90 Å². The Morgan fingerprint density at radius 2 is 2.03 bits per heavy atom. The number of benzene rings is 1. The number of fused-ring (bicyclic) bond motifs is 2. The quantitative estimate of drug-likeness (QED) is 0.478. The van der Waals surface area contributed by atoms with Crippen LogP contribution in [0.3, 0.4) is 0 Å². The minimum Gasteiger partial charge on any atom is -0.374 e. The number of halogens is 3. The molecule has 172 valence electrons. The number of likely N-dealkylation sites (tertiary alicyclic amines) is 1. The Morgan fingerprint density at radius 1 is 1.32 bits per heavy atom. The number of nitrogens with zero attached hydrogens (tertiary/aromatic N) is 2. The van der Waals surface area contributed by atoms with Gasteiger partial charge in [0.25, 0.3) is 5.91 Å². The van der Waals surface area contributed by atoms with Gasteiger partial charge in [0, 0.05) is 37.4 Å². The molecule has 2 unspecified atom stereocenters. The largest absolute Gasteiger partial charge is 0.374 e. The van der Waals surface area contributed by atoms with Crippen LogP contribution in [0.15, 0.2) is 17.0 Å². The summed E-state index contributed by atoms with van der Waals surface area (Å²) in [6.45, 7) is 2.76. The molecule has 3 fully saturated rings. The van der Waals surface area contributed by atoms with Crippen LogP contribution >= 0.6 is 11.9 Å². The van der Waals surface area contributed by atoms with Crippen molar-refractivity contribution in [3.8, 4) is 0 Å². The second-order valence-electron chi connectivity index (χ2n) is 9.16. The Bertz CT molecular complexity index is 810. The number of hydrogen-bond donors (Lipinski definition) is 1. The minimum atomic E-state index is -1.01. The summed E-state index contributed by atoms with van der Waals surface area (Å²) in [5.74, 6) is -1.67. The predicted molar refractivity (Wildman–Crippen MR) is 112 cm³/mol. The van der Waals surface area contributed by atoms with Gasteiger partial charge in [0.1, 0.15) is 6.17 Å². The zero-order valence-electron chi connectivity index (χ0n) is 17.8. The van der Waals surface area contributed by atoms with Crippen LogP contribution in [0, 0.1) is 11.6 Å². The van der Waals surface area contributed by atoms with E-state index in [4.69, 9.17) is 9.47 Å². The summed E-state index contributed by atoms with van der Waals surface area (Å²) in [5, 5.41) is 0. The molecule has 3 aliphatic rings. The lowest BCUT2D eigenvalue weighted by Crippen LogP contribution is -2.50. The third-order valence-electron chi connectivity index (χ3n) is 6.30. The van der Waals surface area contributed by atoms with Crippen molar-refractivity contribution in [3.63, 3.8) is 0 Å². The second-order valence-corrected chi connectivity index (χ2v) is 10.0. The first-order chi connectivity index (χ1) is 14.7. The molecule has 0 saturated carbocycles. The van der Waals surface area contributed by atoms with E-state index >= 15 is 0 Å². The molecule has 4 rings (SSSR count). The number of ether oxygens (including phenoxy) is 2. The Hall–Kier alpha value is -1.33. The average molecular weight is 461 g/mol. The Kier molecular flexibility index (Phi) is 6.56. The van der Waals surface area contributed by atoms with E-state index in [0.717, 1.165) is 18.4 Å². The van der Waals surface area contributed by atoms with Crippen molar-refractivity contribution in [2.75, 3.05) is 53.5 Å². The molecular formula is C21H29F3N3O3S+. The summed E-state index contributed by atoms with van der Waals surface area (Å²) in [5.41, 5.74) is -1.03. The second kappa shape index (κ2) is 8.90. The fourth-order valence-corrected chi connectivity index (χ4v) is 5.22. The van der Waals surface area contributed by atoms with Crippen molar-refractivity contribution in [1.82, 2.24) is 14.1 Å². The fourth-order valence-electron chi connectivity index (χ4n) is 4.50. The van der Waals surface area contributed by atoms with Gasteiger partial charge in [-0.05, 0) is 30.5 Å². The standard InChI is InChI=1S/C21H28F3N3O3S/c1-27(2,6-3-5-26-11-14(22)12-26)19-17(23)8-16(9-18(19)24)31-25-20(28)21-10-15(29-13-21)4-7-30-21/h8-9,14-15H,3-7,10-13H2,1-2H3/p+1. The maximum absolute atomic E-state index is 14.9. The normalized spacial score (nSPS) is 26.7. The SMILES string of the molecule is C[N+](C)(CCCN1CC(F)C1)c1c(F)cc(SNC(=O)C23COC(CCO2)C3)cc1F. The first-order valence-electron chi connectivity index (χ1n) is 10.6. The summed E-state index contributed by atoms with van der Waals surface area (Å²) in [7, 11) is 3.50. The van der Waals surface area contributed by atoms with E-state index in [2.05, 4.69) is 4.72 Å². The highest BCUT2D eigenvalue weighted by Gasteiger charge is 2.50. The van der Waals surface area contributed by atoms with Gasteiger partial charge >= 0.3 is 0 Å². The average Bonchev–Trinajstić information content (AvgIpc) is 2.98. The number of hydrogen-bond acceptors (Lipinski definition) is 5. The predicted octanol–water partition coefficient (Wildman–Crippen LogP) is 2.65. The number of carbonyl (C=O) groups is 1. The highest BCUT2D eigenvalue weighted by atomic mass is 32.2. The fraction of sp³-hybridized carbons (Fsp3) is 0.667. The smallest absolute Gasteiger partial charge is 0.264 e. The van der Waals surface area contributed by atoms with Crippen LogP contribution in [0.4, 0.5) is 18.9 Å². The zero-order chi connectivity index (χ0) is 22.2. The molecular weight excluding hydrogens is 431 g/mol. The molecule has 3 saturated heterocycles. The molecule has 10 heteroatoms. The molecule has 3 aliphatic heterocycles. The first kappa shape index (κ1) is 22.8. The van der Waals surface area contributed by atoms with Crippen LogP contribution in [-0.2, 0) is 14.3 Å². The van der Waals surface area contributed by atoms with Gasteiger partial charge in [0.15, 0.2) is 17.2 Å². The molecule has 1 aromatic rings. The minimum absolute atomic E-state index is 0.0242. The van der Waals surface area contributed by atoms with Crippen molar-refractivity contribution >= 4 is 23.5 Å². The number of carbonyl (C=O) groups excluding carboxylic acids is 1. The molecule has 1 amide bonds. The highest BCUT2D eigenvalue weighted by molar-refractivity contribution is 7.98. The zero-order valence-corrected chi connectivity index (χ0v) is 18.7. The summed E-state index contributed by atoms with van der Waals surface area (Å²) in [6.07, 6.45) is 1.24. The number of alkyl halides is 1. The summed E-state index contributed by atoms with van der Waals surface area (Å²) in [6, 6.07) is 2.47. The number of quaternary nitrogens is 1. The Labute approximate surface area is 184 Å². The van der Waals surface area contributed by atoms with Crippen LogP contribution in [0.5, 0.6) is 0 Å². The van der Waals surface area contributed by atoms with E-state index < -0.39 is 23.4 Å². The first-order valence-corrected chi connectivity index (χ1v) is 11.4. The van der Waals surface area contributed by atoms with Crippen LogP contribution in [0.2, 0.25) is 0 Å². The lowest BCUT2D eigenvalue weighted by molar-refractivity contribution is -0.146. The van der Waals surface area contributed by atoms with E-state index in [1.165, 1.54) is 12.1 Å². The number of rotatable bonds is 8. The van der Waals surface area contributed by atoms with E-state index in [-0.39, 0.29) is 33.7 Å². The lowest BCUT2D eigenvalue weighted by atomic mass is 9.95. The molecule has 2 bridgehead atoms. The van der Waals surface area contributed by atoms with Crippen LogP contribution in [0.25, 0.3) is 0 Å². The number of amides is 1. The van der Waals surface area contributed by atoms with Crippen molar-refractivity contribution in [2.45, 2.75) is 42.0 Å². The summed E-state index contributed by atoms with van der Waals surface area (Å²) >= 11 is 0.871. The molecule has 2 atom stereocenters. The van der Waals surface area contributed by atoms with E-state index in [9.17, 15) is 18.0 Å². The summed E-state index contributed by atoms with van der Waals surface area (Å²) in [4.78, 5) is 14.9. The topological polar surface area (TPSA) is 50.8 Å². The molecule has 1 N–H and O–H groups in total. The Balaban J connectivity index is 1.35. The van der Waals surface area contributed by atoms with Gasteiger partial charge in [-0.3, -0.25) is 18.9 Å². The van der Waals surface area contributed by atoms with Gasteiger partial charge in [-0.1, -0.05) is 0 Å². The molecule has 1 aromatic carbocycles. The molecule has 0 radical (unpaired) electrons. The maximum atomic E-state index is 14.9. The molecule has 0 aromatic heterocycles. The Morgan fingerprint density at radius 3 is 2.71 bits per heavy atom. The molecule has 0 spiro atoms. The lowest BCUT2D eigenvalue weighted by Gasteiger charge is -2.36. The van der Waals surface area contributed by atoms with Gasteiger partial charge in [0.05, 0.1) is 40.0 Å². The van der Waals surface area contributed by atoms with Crippen molar-refractivity contribution < 1.29 is 27.4 Å². The molecule has 6 nitrogen and oxygen atoms in total. The third-order valence-corrected chi connectivity index (χ3v) is 7.06. The van der Waals surface area contributed by atoms with Gasteiger partial charge in [-0.2, -0.15) is 0 Å². The van der Waals surface area contributed by atoms with Gasteiger partial charge in [-0.15, -0.1) is 0 Å². The van der Waals surface area contributed by atoms with Gasteiger partial charge < -0.3 is 9.47 Å². The van der Waals surface area contributed by atoms with Crippen molar-refractivity contribution in [3.05, 3.63) is 23.8 Å². The third kappa shape index (κ3) is 4.88. The highest BCUT2D eigenvalue weighted by Crippen LogP contribution is 2.36. The van der Waals surface area contributed by atoms with E-state index in [0.29, 0.717) is 45.6 Å².